The largest absolute Gasteiger partial charge is 0.573 e. The first-order valence-corrected chi connectivity index (χ1v) is 6.68. The number of benzene rings is 1. The van der Waals surface area contributed by atoms with Crippen LogP contribution < -0.4 is 10.1 Å². The molecule has 114 valence electrons. The van der Waals surface area contributed by atoms with Crippen LogP contribution in [0, 0.1) is 0 Å². The first-order valence-electron chi connectivity index (χ1n) is 5.88. The molecule has 0 unspecified atom stereocenters. The number of nitrogens with zero attached hydrogens (tertiary/aromatic N) is 1. The van der Waals surface area contributed by atoms with Crippen molar-refractivity contribution in [1.29, 1.82) is 0 Å². The lowest BCUT2D eigenvalue weighted by Crippen LogP contribution is -2.34. The Balaban J connectivity index is 2.12. The minimum absolute atomic E-state index is 0.0306. The molecule has 1 aliphatic rings. The molecule has 1 fully saturated rings. The third-order valence-electron chi connectivity index (χ3n) is 2.75. The van der Waals surface area contributed by atoms with Crippen molar-refractivity contribution in [2.75, 3.05) is 12.0 Å². The van der Waals surface area contributed by atoms with E-state index in [2.05, 4.69) is 26.0 Å². The third kappa shape index (κ3) is 4.10. The monoisotopic (exact) mass is 366 g/mol. The molecule has 2 rings (SSSR count). The summed E-state index contributed by atoms with van der Waals surface area (Å²) in [5.74, 6) is -1.17. The van der Waals surface area contributed by atoms with Crippen LogP contribution in [0.2, 0.25) is 0 Å². The maximum absolute atomic E-state index is 12.3. The summed E-state index contributed by atoms with van der Waals surface area (Å²) >= 11 is 3.05. The Labute approximate surface area is 126 Å². The number of anilines is 1. The zero-order chi connectivity index (χ0) is 15.6. The highest BCUT2D eigenvalue weighted by Gasteiger charge is 2.33. The average Bonchev–Trinajstić information content (AvgIpc) is 2.67. The summed E-state index contributed by atoms with van der Waals surface area (Å²) < 4.78 is 41.3. The number of alkyl halides is 3. The van der Waals surface area contributed by atoms with E-state index in [1.807, 2.05) is 0 Å². The molecule has 1 aliphatic heterocycles. The van der Waals surface area contributed by atoms with Gasteiger partial charge in [-0.1, -0.05) is 15.9 Å². The van der Waals surface area contributed by atoms with Crippen LogP contribution in [0.15, 0.2) is 22.7 Å². The van der Waals surface area contributed by atoms with Gasteiger partial charge in [-0.05, 0) is 18.2 Å². The Kier molecular flexibility index (Phi) is 4.40. The minimum Gasteiger partial charge on any atom is -0.404 e. The highest BCUT2D eigenvalue weighted by molar-refractivity contribution is 9.10. The number of hydrogen-bond donors (Lipinski definition) is 1. The van der Waals surface area contributed by atoms with E-state index in [1.54, 1.807) is 0 Å². The van der Waals surface area contributed by atoms with E-state index in [4.69, 9.17) is 0 Å². The molecule has 0 atom stereocenters. The molecule has 1 aromatic carbocycles. The van der Waals surface area contributed by atoms with Crippen LogP contribution in [0.25, 0.3) is 0 Å². The summed E-state index contributed by atoms with van der Waals surface area (Å²) in [5, 5.41) is 2.60. The molecule has 1 aromatic rings. The van der Waals surface area contributed by atoms with Gasteiger partial charge in [-0.3, -0.25) is 14.5 Å². The topological polar surface area (TPSA) is 58.6 Å². The molecular weight excluding hydrogens is 357 g/mol. The molecule has 1 saturated heterocycles. The molecular formula is C12H10BrF3N2O3. The lowest BCUT2D eigenvalue weighted by Gasteiger charge is -2.18. The molecule has 0 saturated carbocycles. The molecule has 5 nitrogen and oxygen atoms in total. The van der Waals surface area contributed by atoms with E-state index in [0.29, 0.717) is 4.47 Å². The Morgan fingerprint density at radius 2 is 1.86 bits per heavy atom. The zero-order valence-corrected chi connectivity index (χ0v) is 12.1. The van der Waals surface area contributed by atoms with Crippen LogP contribution >= 0.6 is 15.9 Å². The summed E-state index contributed by atoms with van der Waals surface area (Å²) in [5.41, 5.74) is 0.0306. The Hall–Kier alpha value is -1.77. The van der Waals surface area contributed by atoms with Crippen molar-refractivity contribution in [3.63, 3.8) is 0 Å². The Morgan fingerprint density at radius 1 is 1.24 bits per heavy atom. The van der Waals surface area contributed by atoms with E-state index < -0.39 is 12.1 Å². The number of imide groups is 1. The number of amides is 2. The maximum Gasteiger partial charge on any atom is 0.573 e. The van der Waals surface area contributed by atoms with Gasteiger partial charge in [-0.25, -0.2) is 0 Å². The molecule has 0 bridgehead atoms. The first kappa shape index (κ1) is 15.6. The number of carbonyl (C=O) groups is 2. The number of nitrogens with one attached hydrogen (secondary N) is 1. The average molecular weight is 367 g/mol. The van der Waals surface area contributed by atoms with Crippen LogP contribution in [0.3, 0.4) is 0 Å². The second-order valence-corrected chi connectivity index (χ2v) is 5.15. The van der Waals surface area contributed by atoms with E-state index in [1.165, 1.54) is 12.1 Å². The maximum atomic E-state index is 12.3. The van der Waals surface area contributed by atoms with E-state index >= 15 is 0 Å². The standard InChI is InChI=1S/C12H10BrF3N2O3/c13-7-1-2-8(9(5-7)21-12(14,15)16)17-6-18-10(19)3-4-11(18)20/h1-2,5,17H,3-4,6H2. The highest BCUT2D eigenvalue weighted by Crippen LogP contribution is 2.33. The number of hydrogen-bond acceptors (Lipinski definition) is 4. The lowest BCUT2D eigenvalue weighted by atomic mass is 10.3. The predicted octanol–water partition coefficient (Wildman–Crippen LogP) is 2.87. The number of halogens is 4. The molecule has 9 heteroatoms. The minimum atomic E-state index is -4.84. The van der Waals surface area contributed by atoms with Crippen LogP contribution in [0.4, 0.5) is 18.9 Å². The van der Waals surface area contributed by atoms with Gasteiger partial charge < -0.3 is 10.1 Å². The van der Waals surface area contributed by atoms with Crippen molar-refractivity contribution in [2.24, 2.45) is 0 Å². The van der Waals surface area contributed by atoms with Gasteiger partial charge in [0.25, 0.3) is 0 Å². The Morgan fingerprint density at radius 3 is 2.43 bits per heavy atom. The molecule has 2 amide bonds. The number of rotatable bonds is 4. The second-order valence-electron chi connectivity index (χ2n) is 4.24. The fourth-order valence-corrected chi connectivity index (χ4v) is 2.15. The summed E-state index contributed by atoms with van der Waals surface area (Å²) in [4.78, 5) is 23.8. The van der Waals surface area contributed by atoms with Gasteiger partial charge in [0.1, 0.15) is 0 Å². The normalized spacial score (nSPS) is 15.5. The molecule has 21 heavy (non-hydrogen) atoms. The van der Waals surface area contributed by atoms with Crippen LogP contribution in [0.1, 0.15) is 12.8 Å². The highest BCUT2D eigenvalue weighted by atomic mass is 79.9. The van der Waals surface area contributed by atoms with Gasteiger partial charge in [0.2, 0.25) is 11.8 Å². The fourth-order valence-electron chi connectivity index (χ4n) is 1.81. The van der Waals surface area contributed by atoms with Gasteiger partial charge in [-0.2, -0.15) is 0 Å². The molecule has 0 aliphatic carbocycles. The molecule has 0 aromatic heterocycles. The van der Waals surface area contributed by atoms with Crippen molar-refractivity contribution in [3.8, 4) is 5.75 Å². The Bertz CT molecular complexity index is 561. The van der Waals surface area contributed by atoms with Crippen molar-refractivity contribution in [1.82, 2.24) is 4.90 Å². The molecule has 0 radical (unpaired) electrons. The smallest absolute Gasteiger partial charge is 0.404 e. The van der Waals surface area contributed by atoms with Gasteiger partial charge in [0.05, 0.1) is 12.4 Å². The van der Waals surface area contributed by atoms with Crippen LogP contribution in [-0.2, 0) is 9.59 Å². The summed E-state index contributed by atoms with van der Waals surface area (Å²) in [6, 6.07) is 4.01. The van der Waals surface area contributed by atoms with E-state index in [0.717, 1.165) is 11.0 Å². The van der Waals surface area contributed by atoms with Crippen molar-refractivity contribution < 1.29 is 27.5 Å². The summed E-state index contributed by atoms with van der Waals surface area (Å²) in [6.45, 7) is -0.201. The van der Waals surface area contributed by atoms with Gasteiger partial charge in [0, 0.05) is 17.3 Å². The van der Waals surface area contributed by atoms with Gasteiger partial charge in [-0.15, -0.1) is 13.2 Å². The van der Waals surface area contributed by atoms with Crippen molar-refractivity contribution >= 4 is 33.4 Å². The summed E-state index contributed by atoms with van der Waals surface area (Å²) in [7, 11) is 0. The van der Waals surface area contributed by atoms with Crippen molar-refractivity contribution in [3.05, 3.63) is 22.7 Å². The summed E-state index contributed by atoms with van der Waals surface area (Å²) in [6.07, 6.45) is -4.60. The fraction of sp³-hybridized carbons (Fsp3) is 0.333. The second kappa shape index (κ2) is 5.92. The molecule has 0 spiro atoms. The van der Waals surface area contributed by atoms with Gasteiger partial charge >= 0.3 is 6.36 Å². The first-order chi connectivity index (χ1) is 9.76. The predicted molar refractivity (Wildman–Crippen MR) is 70.4 cm³/mol. The zero-order valence-electron chi connectivity index (χ0n) is 10.5. The third-order valence-corrected chi connectivity index (χ3v) is 3.25. The number of ether oxygens (including phenoxy) is 1. The SMILES string of the molecule is O=C1CCC(=O)N1CNc1ccc(Br)cc1OC(F)(F)F. The molecule has 1 N–H and O–H groups in total. The van der Waals surface area contributed by atoms with Crippen LogP contribution in [-0.4, -0.2) is 29.7 Å². The van der Waals surface area contributed by atoms with Crippen molar-refractivity contribution in [2.45, 2.75) is 19.2 Å². The number of likely N-dealkylation sites (tertiary alicyclic amines) is 1. The van der Waals surface area contributed by atoms with E-state index in [9.17, 15) is 22.8 Å². The molecule has 1 heterocycles. The van der Waals surface area contributed by atoms with Gasteiger partial charge in [0.15, 0.2) is 5.75 Å². The lowest BCUT2D eigenvalue weighted by molar-refractivity contribution is -0.274. The quantitative estimate of drug-likeness (QED) is 0.832. The van der Waals surface area contributed by atoms with E-state index in [-0.39, 0.29) is 37.0 Å². The van der Waals surface area contributed by atoms with Crippen LogP contribution in [0.5, 0.6) is 5.75 Å². The number of carbonyl (C=O) groups excluding carboxylic acids is 2.